The summed E-state index contributed by atoms with van der Waals surface area (Å²) >= 11 is 0. The lowest BCUT2D eigenvalue weighted by molar-refractivity contribution is -0.122. The number of nitrogens with two attached hydrogens (primary N) is 1. The van der Waals surface area contributed by atoms with Crippen LogP contribution in [0.25, 0.3) is 0 Å². The molecule has 1 rings (SSSR count). The second-order valence-corrected chi connectivity index (χ2v) is 4.21. The summed E-state index contributed by atoms with van der Waals surface area (Å²) < 4.78 is 0. The maximum atomic E-state index is 11.5. The highest BCUT2D eigenvalue weighted by atomic mass is 16.4. The Balaban J connectivity index is 3.43. The third-order valence-corrected chi connectivity index (χ3v) is 2.70. The van der Waals surface area contributed by atoms with Gasteiger partial charge in [-0.25, -0.2) is 15.4 Å². The predicted molar refractivity (Wildman–Crippen MR) is 70.7 cm³/mol. The number of amides is 3. The van der Waals surface area contributed by atoms with Crippen molar-refractivity contribution < 1.29 is 34.8 Å². The Morgan fingerprint density at radius 3 is 2.00 bits per heavy atom. The lowest BCUT2D eigenvalue weighted by Crippen LogP contribution is -2.59. The molecule has 9 N–H and O–H groups in total. The summed E-state index contributed by atoms with van der Waals surface area (Å²) in [5, 5.41) is 40.3. The minimum absolute atomic E-state index is 0.129. The van der Waals surface area contributed by atoms with E-state index in [1.165, 1.54) is 0 Å². The number of phenolic OH excluding ortho intramolecular Hbond substituents is 2. The zero-order chi connectivity index (χ0) is 16.9. The second-order valence-electron chi connectivity index (χ2n) is 4.21. The molecular weight excluding hydrogens is 300 g/mol. The van der Waals surface area contributed by atoms with Gasteiger partial charge in [-0.05, 0) is 12.1 Å². The Morgan fingerprint density at radius 2 is 1.59 bits per heavy atom. The van der Waals surface area contributed by atoms with Gasteiger partial charge in [0.2, 0.25) is 5.91 Å². The van der Waals surface area contributed by atoms with Gasteiger partial charge in [0.25, 0.3) is 0 Å². The molecule has 0 aliphatic rings. The van der Waals surface area contributed by atoms with E-state index in [1.807, 2.05) is 10.6 Å². The van der Waals surface area contributed by atoms with E-state index in [4.69, 9.17) is 16.1 Å². The van der Waals surface area contributed by atoms with Crippen molar-refractivity contribution in [1.29, 1.82) is 0 Å². The summed E-state index contributed by atoms with van der Waals surface area (Å²) in [6, 6.07) is 3.04. The summed E-state index contributed by atoms with van der Waals surface area (Å²) in [6.45, 7) is 0. The van der Waals surface area contributed by atoms with Gasteiger partial charge in [0.05, 0.1) is 6.42 Å². The van der Waals surface area contributed by atoms with E-state index < -0.39 is 41.7 Å². The van der Waals surface area contributed by atoms with E-state index >= 15 is 0 Å². The number of nitrogens with one attached hydrogen (secondary N) is 3. The van der Waals surface area contributed by atoms with Crippen LogP contribution >= 0.6 is 0 Å². The molecule has 0 radical (unpaired) electrons. The fourth-order valence-corrected chi connectivity index (χ4v) is 1.81. The number of hydrogen-bond donors (Lipinski definition) is 8. The first-order valence-corrected chi connectivity index (χ1v) is 5.74. The number of benzene rings is 1. The van der Waals surface area contributed by atoms with Crippen LogP contribution in [0.4, 0.5) is 9.59 Å². The van der Waals surface area contributed by atoms with Gasteiger partial charge >= 0.3 is 12.2 Å². The quantitative estimate of drug-likeness (QED) is 0.113. The standard InChI is InChI=1S/C11H14N4O7/c12-15-8(18)4-11(13-9(19)20,14-10(21)22)5-1-2-6(16)7(17)3-5/h1-3,13-14,16-17H,4,12H2,(H,15,18)(H,19,20)(H,21,22). The van der Waals surface area contributed by atoms with Crippen molar-refractivity contribution in [1.82, 2.24) is 16.1 Å². The minimum Gasteiger partial charge on any atom is -0.504 e. The fraction of sp³-hybridized carbons (Fsp3) is 0.182. The van der Waals surface area contributed by atoms with Gasteiger partial charge in [-0.1, -0.05) is 6.07 Å². The van der Waals surface area contributed by atoms with Crippen molar-refractivity contribution in [3.05, 3.63) is 23.8 Å². The zero-order valence-corrected chi connectivity index (χ0v) is 11.0. The number of carboxylic acid groups (broad SMARTS) is 2. The Morgan fingerprint density at radius 1 is 1.05 bits per heavy atom. The second kappa shape index (κ2) is 6.49. The number of aromatic hydroxyl groups is 2. The first-order chi connectivity index (χ1) is 10.2. The molecule has 0 bridgehead atoms. The largest absolute Gasteiger partial charge is 0.504 e. The third-order valence-electron chi connectivity index (χ3n) is 2.70. The van der Waals surface area contributed by atoms with Crippen LogP contribution in [0.2, 0.25) is 0 Å². The minimum atomic E-state index is -2.12. The normalized spacial score (nSPS) is 10.6. The van der Waals surface area contributed by atoms with Gasteiger partial charge in [0, 0.05) is 5.56 Å². The van der Waals surface area contributed by atoms with Gasteiger partial charge in [0.15, 0.2) is 17.2 Å². The summed E-state index contributed by atoms with van der Waals surface area (Å²) in [5.74, 6) is 2.92. The smallest absolute Gasteiger partial charge is 0.406 e. The molecule has 0 heterocycles. The molecular formula is C11H14N4O7. The molecule has 0 saturated carbocycles. The summed E-state index contributed by atoms with van der Waals surface area (Å²) in [5.41, 5.74) is -0.501. The van der Waals surface area contributed by atoms with Gasteiger partial charge in [-0.3, -0.25) is 20.9 Å². The molecule has 120 valence electrons. The number of phenols is 2. The molecule has 0 saturated heterocycles. The van der Waals surface area contributed by atoms with E-state index in [0.717, 1.165) is 18.2 Å². The van der Waals surface area contributed by atoms with Crippen LogP contribution < -0.4 is 21.9 Å². The Labute approximate surface area is 123 Å². The predicted octanol–water partition coefficient (Wildman–Crippen LogP) is -0.834. The number of hydrogen-bond acceptors (Lipinski definition) is 6. The summed E-state index contributed by atoms with van der Waals surface area (Å²) in [4.78, 5) is 33.4. The van der Waals surface area contributed by atoms with Gasteiger partial charge in [-0.2, -0.15) is 0 Å². The molecule has 0 atom stereocenters. The molecule has 0 aromatic heterocycles. The first-order valence-electron chi connectivity index (χ1n) is 5.74. The molecule has 1 aromatic rings. The van der Waals surface area contributed by atoms with Crippen molar-refractivity contribution in [3.63, 3.8) is 0 Å². The Kier molecular flexibility index (Phi) is 4.97. The molecule has 11 nitrogen and oxygen atoms in total. The van der Waals surface area contributed by atoms with Crippen LogP contribution in [0.5, 0.6) is 11.5 Å². The molecule has 22 heavy (non-hydrogen) atoms. The van der Waals surface area contributed by atoms with Crippen molar-refractivity contribution in [3.8, 4) is 11.5 Å². The van der Waals surface area contributed by atoms with E-state index in [9.17, 15) is 24.6 Å². The summed E-state index contributed by atoms with van der Waals surface area (Å²) in [6.07, 6.45) is -4.00. The lowest BCUT2D eigenvalue weighted by Gasteiger charge is -2.33. The molecule has 0 spiro atoms. The molecule has 3 amide bonds. The monoisotopic (exact) mass is 314 g/mol. The van der Waals surface area contributed by atoms with Gasteiger partial charge in [0.1, 0.15) is 0 Å². The van der Waals surface area contributed by atoms with Crippen LogP contribution in [0.3, 0.4) is 0 Å². The van der Waals surface area contributed by atoms with E-state index in [0.29, 0.717) is 0 Å². The first kappa shape index (κ1) is 16.8. The van der Waals surface area contributed by atoms with E-state index in [2.05, 4.69) is 0 Å². The molecule has 0 aliphatic carbocycles. The highest BCUT2D eigenvalue weighted by Gasteiger charge is 2.38. The third kappa shape index (κ3) is 3.89. The Bertz CT molecular complexity index is 588. The average Bonchev–Trinajstić information content (AvgIpc) is 2.39. The van der Waals surface area contributed by atoms with Crippen molar-refractivity contribution in [2.45, 2.75) is 12.1 Å². The molecule has 0 aliphatic heterocycles. The number of carbonyl (C=O) groups excluding carboxylic acids is 1. The molecule has 0 fully saturated rings. The molecule has 0 unspecified atom stereocenters. The molecule has 1 aromatic carbocycles. The number of hydrazine groups is 1. The fourth-order valence-electron chi connectivity index (χ4n) is 1.81. The van der Waals surface area contributed by atoms with Crippen molar-refractivity contribution in [2.24, 2.45) is 5.84 Å². The molecule has 11 heteroatoms. The van der Waals surface area contributed by atoms with Crippen LogP contribution in [0.1, 0.15) is 12.0 Å². The van der Waals surface area contributed by atoms with E-state index in [-0.39, 0.29) is 5.56 Å². The Hall–Kier alpha value is -3.21. The van der Waals surface area contributed by atoms with E-state index in [1.54, 1.807) is 5.43 Å². The van der Waals surface area contributed by atoms with Gasteiger partial charge in [-0.15, -0.1) is 0 Å². The SMILES string of the molecule is NNC(=O)CC(NC(=O)O)(NC(=O)O)c1ccc(O)c(O)c1. The van der Waals surface area contributed by atoms with Crippen molar-refractivity contribution >= 4 is 18.1 Å². The maximum Gasteiger partial charge on any atom is 0.406 e. The average molecular weight is 314 g/mol. The topological polar surface area (TPSA) is 194 Å². The zero-order valence-electron chi connectivity index (χ0n) is 11.0. The van der Waals surface area contributed by atoms with Crippen LogP contribution in [-0.2, 0) is 10.5 Å². The summed E-state index contributed by atoms with van der Waals surface area (Å²) in [7, 11) is 0. The number of carbonyl (C=O) groups is 3. The van der Waals surface area contributed by atoms with Gasteiger partial charge < -0.3 is 20.4 Å². The van der Waals surface area contributed by atoms with Crippen LogP contribution in [-0.4, -0.2) is 38.5 Å². The van der Waals surface area contributed by atoms with Crippen LogP contribution in [0.15, 0.2) is 18.2 Å². The van der Waals surface area contributed by atoms with Crippen LogP contribution in [0, 0.1) is 0 Å². The number of rotatable bonds is 5. The highest BCUT2D eigenvalue weighted by Crippen LogP contribution is 2.31. The lowest BCUT2D eigenvalue weighted by atomic mass is 9.94. The maximum absolute atomic E-state index is 11.5. The van der Waals surface area contributed by atoms with Crippen molar-refractivity contribution in [2.75, 3.05) is 0 Å². The highest BCUT2D eigenvalue weighted by molar-refractivity contribution is 5.80.